The van der Waals surface area contributed by atoms with Crippen molar-refractivity contribution in [2.75, 3.05) is 0 Å². The van der Waals surface area contributed by atoms with Crippen molar-refractivity contribution >= 4 is 5.97 Å². The lowest BCUT2D eigenvalue weighted by Gasteiger charge is -2.25. The van der Waals surface area contributed by atoms with E-state index in [1.54, 1.807) is 0 Å². The summed E-state index contributed by atoms with van der Waals surface area (Å²) in [6.45, 7) is 5.61. The highest BCUT2D eigenvalue weighted by Crippen LogP contribution is 2.33. The SMILES string of the molecule is C=C(C(=O)O)C1CCCC/C1=C/C. The predicted molar refractivity (Wildman–Crippen MR) is 52.5 cm³/mol. The van der Waals surface area contributed by atoms with E-state index in [0.29, 0.717) is 5.57 Å². The quantitative estimate of drug-likeness (QED) is 0.524. The van der Waals surface area contributed by atoms with E-state index in [4.69, 9.17) is 5.11 Å². The molecule has 0 bridgehead atoms. The molecular formula is C11H16O2. The van der Waals surface area contributed by atoms with E-state index in [9.17, 15) is 4.79 Å². The number of carboxylic acids is 1. The van der Waals surface area contributed by atoms with Gasteiger partial charge in [0.25, 0.3) is 0 Å². The van der Waals surface area contributed by atoms with E-state index >= 15 is 0 Å². The van der Waals surface area contributed by atoms with Gasteiger partial charge in [0, 0.05) is 11.5 Å². The summed E-state index contributed by atoms with van der Waals surface area (Å²) in [6, 6.07) is 0. The molecule has 0 aromatic heterocycles. The van der Waals surface area contributed by atoms with Crippen LogP contribution < -0.4 is 0 Å². The van der Waals surface area contributed by atoms with Crippen molar-refractivity contribution in [3.63, 3.8) is 0 Å². The van der Waals surface area contributed by atoms with Crippen molar-refractivity contribution in [1.29, 1.82) is 0 Å². The van der Waals surface area contributed by atoms with Crippen LogP contribution >= 0.6 is 0 Å². The van der Waals surface area contributed by atoms with Crippen LogP contribution in [0.25, 0.3) is 0 Å². The summed E-state index contributed by atoms with van der Waals surface area (Å²) in [7, 11) is 0. The summed E-state index contributed by atoms with van der Waals surface area (Å²) in [5.41, 5.74) is 1.60. The molecule has 1 fully saturated rings. The lowest BCUT2D eigenvalue weighted by Crippen LogP contribution is -2.17. The first-order valence-corrected chi connectivity index (χ1v) is 4.74. The molecule has 0 spiro atoms. The number of hydrogen-bond acceptors (Lipinski definition) is 1. The van der Waals surface area contributed by atoms with Gasteiger partial charge in [0.2, 0.25) is 0 Å². The Hall–Kier alpha value is -1.05. The van der Waals surface area contributed by atoms with Crippen LogP contribution in [-0.2, 0) is 4.79 Å². The number of carbonyl (C=O) groups is 1. The van der Waals surface area contributed by atoms with E-state index in [1.165, 1.54) is 12.0 Å². The molecule has 0 saturated heterocycles. The molecule has 2 heteroatoms. The van der Waals surface area contributed by atoms with E-state index in [0.717, 1.165) is 19.3 Å². The fourth-order valence-corrected chi connectivity index (χ4v) is 1.93. The largest absolute Gasteiger partial charge is 0.478 e. The van der Waals surface area contributed by atoms with Gasteiger partial charge >= 0.3 is 5.97 Å². The Bertz CT molecular complexity index is 249. The molecule has 0 aromatic rings. The molecule has 0 amide bonds. The Labute approximate surface area is 79.0 Å². The first-order valence-electron chi connectivity index (χ1n) is 4.74. The van der Waals surface area contributed by atoms with Gasteiger partial charge in [-0.25, -0.2) is 4.79 Å². The molecule has 1 N–H and O–H groups in total. The first kappa shape index (κ1) is 10.0. The Morgan fingerprint density at radius 1 is 1.62 bits per heavy atom. The van der Waals surface area contributed by atoms with E-state index in [1.807, 2.05) is 13.0 Å². The molecule has 1 unspecified atom stereocenters. The average molecular weight is 180 g/mol. The highest BCUT2D eigenvalue weighted by Gasteiger charge is 2.24. The lowest BCUT2D eigenvalue weighted by atomic mass is 9.80. The Balaban J connectivity index is 2.76. The molecule has 1 atom stereocenters. The van der Waals surface area contributed by atoms with Crippen molar-refractivity contribution in [3.8, 4) is 0 Å². The zero-order valence-corrected chi connectivity index (χ0v) is 8.05. The fraction of sp³-hybridized carbons (Fsp3) is 0.545. The third-order valence-corrected chi connectivity index (χ3v) is 2.72. The maximum atomic E-state index is 10.7. The Morgan fingerprint density at radius 2 is 2.31 bits per heavy atom. The highest BCUT2D eigenvalue weighted by molar-refractivity contribution is 5.87. The van der Waals surface area contributed by atoms with Crippen LogP contribution in [-0.4, -0.2) is 11.1 Å². The zero-order chi connectivity index (χ0) is 9.84. The van der Waals surface area contributed by atoms with Crippen LogP contribution in [0.1, 0.15) is 32.6 Å². The van der Waals surface area contributed by atoms with Crippen molar-refractivity contribution in [3.05, 3.63) is 23.8 Å². The summed E-state index contributed by atoms with van der Waals surface area (Å²) in [6.07, 6.45) is 6.33. The van der Waals surface area contributed by atoms with Gasteiger partial charge in [0.1, 0.15) is 0 Å². The van der Waals surface area contributed by atoms with Gasteiger partial charge in [-0.15, -0.1) is 0 Å². The second-order valence-corrected chi connectivity index (χ2v) is 3.49. The second-order valence-electron chi connectivity index (χ2n) is 3.49. The summed E-state index contributed by atoms with van der Waals surface area (Å²) in [5, 5.41) is 8.82. The molecule has 1 saturated carbocycles. The van der Waals surface area contributed by atoms with Gasteiger partial charge in [0.05, 0.1) is 0 Å². The van der Waals surface area contributed by atoms with Gasteiger partial charge in [-0.3, -0.25) is 0 Å². The van der Waals surface area contributed by atoms with E-state index in [2.05, 4.69) is 6.58 Å². The van der Waals surface area contributed by atoms with Crippen LogP contribution in [0.15, 0.2) is 23.8 Å². The van der Waals surface area contributed by atoms with Gasteiger partial charge in [-0.2, -0.15) is 0 Å². The first-order chi connectivity index (χ1) is 6.16. The molecule has 72 valence electrons. The topological polar surface area (TPSA) is 37.3 Å². The molecule has 0 aromatic carbocycles. The molecule has 2 nitrogen and oxygen atoms in total. The standard InChI is InChI=1S/C11H16O2/c1-3-9-6-4-5-7-10(9)8(2)11(12)13/h3,10H,2,4-7H2,1H3,(H,12,13)/b9-3-. The van der Waals surface area contributed by atoms with Gasteiger partial charge in [-0.05, 0) is 26.2 Å². The maximum absolute atomic E-state index is 10.7. The summed E-state index contributed by atoms with van der Waals surface area (Å²) < 4.78 is 0. The molecule has 0 heterocycles. The summed E-state index contributed by atoms with van der Waals surface area (Å²) >= 11 is 0. The van der Waals surface area contributed by atoms with Gasteiger partial charge in [-0.1, -0.05) is 24.6 Å². The van der Waals surface area contributed by atoms with Crippen LogP contribution in [0.5, 0.6) is 0 Å². The number of carboxylic acid groups (broad SMARTS) is 1. The van der Waals surface area contributed by atoms with Crippen molar-refractivity contribution in [2.45, 2.75) is 32.6 Å². The molecule has 1 aliphatic carbocycles. The third-order valence-electron chi connectivity index (χ3n) is 2.72. The van der Waals surface area contributed by atoms with E-state index < -0.39 is 5.97 Å². The number of hydrogen-bond donors (Lipinski definition) is 1. The molecule has 13 heavy (non-hydrogen) atoms. The lowest BCUT2D eigenvalue weighted by molar-refractivity contribution is -0.133. The minimum absolute atomic E-state index is 0.0937. The fourth-order valence-electron chi connectivity index (χ4n) is 1.93. The number of aliphatic carboxylic acids is 1. The maximum Gasteiger partial charge on any atom is 0.331 e. The molecular weight excluding hydrogens is 164 g/mol. The predicted octanol–water partition coefficient (Wildman–Crippen LogP) is 2.76. The van der Waals surface area contributed by atoms with Crippen molar-refractivity contribution in [1.82, 2.24) is 0 Å². The van der Waals surface area contributed by atoms with Crippen molar-refractivity contribution in [2.24, 2.45) is 5.92 Å². The second kappa shape index (κ2) is 4.26. The molecule has 0 aliphatic heterocycles. The van der Waals surface area contributed by atoms with Crippen LogP contribution in [0.2, 0.25) is 0 Å². The average Bonchev–Trinajstić information content (AvgIpc) is 2.16. The molecule has 1 rings (SSSR count). The highest BCUT2D eigenvalue weighted by atomic mass is 16.4. The minimum atomic E-state index is -0.855. The van der Waals surface area contributed by atoms with Crippen LogP contribution in [0.3, 0.4) is 0 Å². The smallest absolute Gasteiger partial charge is 0.331 e. The molecule has 0 radical (unpaired) electrons. The van der Waals surface area contributed by atoms with Gasteiger partial charge < -0.3 is 5.11 Å². The molecule has 1 aliphatic rings. The number of allylic oxidation sites excluding steroid dienone is 2. The van der Waals surface area contributed by atoms with Gasteiger partial charge in [0.15, 0.2) is 0 Å². The number of rotatable bonds is 2. The van der Waals surface area contributed by atoms with Crippen LogP contribution in [0.4, 0.5) is 0 Å². The van der Waals surface area contributed by atoms with Crippen molar-refractivity contribution < 1.29 is 9.90 Å². The summed E-state index contributed by atoms with van der Waals surface area (Å²) in [4.78, 5) is 10.7. The third kappa shape index (κ3) is 2.20. The monoisotopic (exact) mass is 180 g/mol. The zero-order valence-electron chi connectivity index (χ0n) is 8.05. The Morgan fingerprint density at radius 3 is 2.85 bits per heavy atom. The summed E-state index contributed by atoms with van der Waals surface area (Å²) in [5.74, 6) is -0.762. The Kier molecular flexibility index (Phi) is 3.29. The minimum Gasteiger partial charge on any atom is -0.478 e. The van der Waals surface area contributed by atoms with E-state index in [-0.39, 0.29) is 5.92 Å². The normalized spacial score (nSPS) is 25.9. The van der Waals surface area contributed by atoms with Crippen LogP contribution in [0, 0.1) is 5.92 Å².